The molecule has 0 aliphatic carbocycles. The summed E-state index contributed by atoms with van der Waals surface area (Å²) in [5.74, 6) is -1.23. The first kappa shape index (κ1) is 17.9. The van der Waals surface area contributed by atoms with Crippen molar-refractivity contribution in [3.05, 3.63) is 54.6 Å². The molecule has 2 heterocycles. The molecule has 0 saturated heterocycles. The number of fused-ring (bicyclic) bond motifs is 1. The molecule has 3 aromatic rings. The highest BCUT2D eigenvalue weighted by atomic mass is 32.2. The summed E-state index contributed by atoms with van der Waals surface area (Å²) in [7, 11) is -4.12. The van der Waals surface area contributed by atoms with Crippen LogP contribution in [0.5, 0.6) is 0 Å². The molecule has 0 saturated carbocycles. The standard InChI is InChI=1S/C17H16FN3O4S/c1-2-25-16(22)11-21(13-7-5-12(18)6-8-13)26(23,24)15-10-20-17-14(15)4-3-9-19-17/h3-10H,2,11H2,1H3,(H,19,20). The molecule has 0 aliphatic rings. The second-order valence-corrected chi connectivity index (χ2v) is 7.18. The highest BCUT2D eigenvalue weighted by Crippen LogP contribution is 2.28. The number of rotatable bonds is 6. The second-order valence-electron chi connectivity index (χ2n) is 5.35. The van der Waals surface area contributed by atoms with Crippen molar-refractivity contribution in [2.45, 2.75) is 11.8 Å². The number of sulfonamides is 1. The Bertz CT molecular complexity index is 1030. The van der Waals surface area contributed by atoms with E-state index in [4.69, 9.17) is 4.74 Å². The van der Waals surface area contributed by atoms with Crippen LogP contribution >= 0.6 is 0 Å². The van der Waals surface area contributed by atoms with Gasteiger partial charge in [0.1, 0.15) is 22.9 Å². The zero-order valence-corrected chi connectivity index (χ0v) is 14.7. The lowest BCUT2D eigenvalue weighted by Crippen LogP contribution is -2.36. The van der Waals surface area contributed by atoms with Crippen LogP contribution in [0, 0.1) is 5.82 Å². The summed E-state index contributed by atoms with van der Waals surface area (Å²) in [6.07, 6.45) is 2.85. The van der Waals surface area contributed by atoms with E-state index in [1.54, 1.807) is 19.1 Å². The first-order valence-corrected chi connectivity index (χ1v) is 9.23. The smallest absolute Gasteiger partial charge is 0.326 e. The monoisotopic (exact) mass is 377 g/mol. The molecule has 136 valence electrons. The Labute approximate surface area is 149 Å². The molecule has 0 atom stereocenters. The fourth-order valence-electron chi connectivity index (χ4n) is 2.51. The number of halogens is 1. The predicted molar refractivity (Wildman–Crippen MR) is 93.7 cm³/mol. The first-order valence-electron chi connectivity index (χ1n) is 7.79. The van der Waals surface area contributed by atoms with Gasteiger partial charge in [0.25, 0.3) is 10.0 Å². The van der Waals surface area contributed by atoms with E-state index in [9.17, 15) is 17.6 Å². The number of nitrogens with zero attached hydrogens (tertiary/aromatic N) is 2. The highest BCUT2D eigenvalue weighted by Gasteiger charge is 2.30. The Hall–Kier alpha value is -2.94. The normalized spacial score (nSPS) is 11.5. The maximum Gasteiger partial charge on any atom is 0.326 e. The number of carbonyl (C=O) groups excluding carboxylic acids is 1. The van der Waals surface area contributed by atoms with Gasteiger partial charge in [0.15, 0.2) is 0 Å². The van der Waals surface area contributed by atoms with Gasteiger partial charge in [0.2, 0.25) is 0 Å². The number of esters is 1. The Morgan fingerprint density at radius 2 is 2.00 bits per heavy atom. The molecule has 0 bridgehead atoms. The Morgan fingerprint density at radius 1 is 1.27 bits per heavy atom. The van der Waals surface area contributed by atoms with Gasteiger partial charge < -0.3 is 9.72 Å². The fourth-order valence-corrected chi connectivity index (χ4v) is 4.07. The van der Waals surface area contributed by atoms with E-state index >= 15 is 0 Å². The summed E-state index contributed by atoms with van der Waals surface area (Å²) in [6.45, 7) is 1.21. The number of aromatic nitrogens is 2. The average molecular weight is 377 g/mol. The molecule has 1 N–H and O–H groups in total. The van der Waals surface area contributed by atoms with Crippen LogP contribution in [0.4, 0.5) is 10.1 Å². The van der Waals surface area contributed by atoms with Crippen molar-refractivity contribution in [2.75, 3.05) is 17.5 Å². The van der Waals surface area contributed by atoms with Gasteiger partial charge in [0.05, 0.1) is 12.3 Å². The summed E-state index contributed by atoms with van der Waals surface area (Å²) in [5, 5.41) is 0.392. The number of ether oxygens (including phenoxy) is 1. The lowest BCUT2D eigenvalue weighted by Gasteiger charge is -2.23. The van der Waals surface area contributed by atoms with Crippen LogP contribution in [0.2, 0.25) is 0 Å². The molecule has 7 nitrogen and oxygen atoms in total. The molecule has 0 unspecified atom stereocenters. The summed E-state index contributed by atoms with van der Waals surface area (Å²) in [6, 6.07) is 8.06. The lowest BCUT2D eigenvalue weighted by molar-refractivity contribution is -0.141. The van der Waals surface area contributed by atoms with E-state index in [2.05, 4.69) is 9.97 Å². The van der Waals surface area contributed by atoms with Gasteiger partial charge in [-0.1, -0.05) is 0 Å². The van der Waals surface area contributed by atoms with Gasteiger partial charge in [0, 0.05) is 17.8 Å². The van der Waals surface area contributed by atoms with E-state index in [-0.39, 0.29) is 17.2 Å². The number of benzene rings is 1. The third-order valence-corrected chi connectivity index (χ3v) is 5.49. The van der Waals surface area contributed by atoms with Crippen molar-refractivity contribution in [3.63, 3.8) is 0 Å². The zero-order chi connectivity index (χ0) is 18.7. The van der Waals surface area contributed by atoms with Crippen molar-refractivity contribution in [2.24, 2.45) is 0 Å². The molecule has 0 radical (unpaired) electrons. The minimum absolute atomic E-state index is 0.0331. The Balaban J connectivity index is 2.10. The summed E-state index contributed by atoms with van der Waals surface area (Å²) >= 11 is 0. The van der Waals surface area contributed by atoms with Gasteiger partial charge in [-0.2, -0.15) is 0 Å². The number of pyridine rings is 1. The SMILES string of the molecule is CCOC(=O)CN(c1ccc(F)cc1)S(=O)(=O)c1c[nH]c2ncccc12. The van der Waals surface area contributed by atoms with Crippen LogP contribution < -0.4 is 4.31 Å². The first-order chi connectivity index (χ1) is 12.4. The molecule has 2 aromatic heterocycles. The third-order valence-electron chi connectivity index (χ3n) is 3.67. The Kier molecular flexibility index (Phi) is 4.90. The van der Waals surface area contributed by atoms with Gasteiger partial charge in [-0.25, -0.2) is 17.8 Å². The number of hydrogen-bond acceptors (Lipinski definition) is 5. The quantitative estimate of drug-likeness (QED) is 0.666. The van der Waals surface area contributed by atoms with E-state index in [1.165, 1.54) is 24.5 Å². The van der Waals surface area contributed by atoms with E-state index in [1.807, 2.05) is 0 Å². The van der Waals surface area contributed by atoms with Crippen LogP contribution in [0.25, 0.3) is 11.0 Å². The summed E-state index contributed by atoms with van der Waals surface area (Å²) in [4.78, 5) is 18.8. The molecule has 0 amide bonds. The molecule has 0 aliphatic heterocycles. The molecule has 0 fully saturated rings. The minimum atomic E-state index is -4.12. The maximum absolute atomic E-state index is 13.2. The number of anilines is 1. The number of carbonyl (C=O) groups is 1. The van der Waals surface area contributed by atoms with Crippen LogP contribution in [0.15, 0.2) is 53.7 Å². The molecular formula is C17H16FN3O4S. The van der Waals surface area contributed by atoms with Crippen molar-refractivity contribution < 1.29 is 22.3 Å². The molecule has 9 heteroatoms. The van der Waals surface area contributed by atoms with Crippen molar-refractivity contribution >= 4 is 32.7 Å². The van der Waals surface area contributed by atoms with Gasteiger partial charge >= 0.3 is 5.97 Å². The summed E-state index contributed by atoms with van der Waals surface area (Å²) in [5.41, 5.74) is 0.555. The number of H-pyrrole nitrogens is 1. The van der Waals surface area contributed by atoms with Crippen LogP contribution in [-0.2, 0) is 19.6 Å². The molecule has 26 heavy (non-hydrogen) atoms. The van der Waals surface area contributed by atoms with Gasteiger partial charge in [-0.15, -0.1) is 0 Å². The topological polar surface area (TPSA) is 92.4 Å². The highest BCUT2D eigenvalue weighted by molar-refractivity contribution is 7.93. The van der Waals surface area contributed by atoms with Crippen molar-refractivity contribution in [3.8, 4) is 0 Å². The van der Waals surface area contributed by atoms with Crippen molar-refractivity contribution in [1.82, 2.24) is 9.97 Å². The van der Waals surface area contributed by atoms with Gasteiger partial charge in [-0.3, -0.25) is 9.10 Å². The minimum Gasteiger partial charge on any atom is -0.465 e. The summed E-state index contributed by atoms with van der Waals surface area (Å²) < 4.78 is 45.4. The Morgan fingerprint density at radius 3 is 2.69 bits per heavy atom. The second kappa shape index (κ2) is 7.12. The molecule has 1 aromatic carbocycles. The maximum atomic E-state index is 13.2. The van der Waals surface area contributed by atoms with E-state index in [0.29, 0.717) is 11.0 Å². The van der Waals surface area contributed by atoms with Crippen LogP contribution in [0.3, 0.4) is 0 Å². The average Bonchev–Trinajstić information content (AvgIpc) is 3.06. The largest absolute Gasteiger partial charge is 0.465 e. The predicted octanol–water partition coefficient (Wildman–Crippen LogP) is 2.46. The molecular weight excluding hydrogens is 361 g/mol. The third kappa shape index (κ3) is 3.38. The fraction of sp³-hybridized carbons (Fsp3) is 0.176. The van der Waals surface area contributed by atoms with Gasteiger partial charge in [-0.05, 0) is 43.3 Å². The zero-order valence-electron chi connectivity index (χ0n) is 13.8. The number of nitrogens with one attached hydrogen (secondary N) is 1. The van der Waals surface area contributed by atoms with Crippen molar-refractivity contribution in [1.29, 1.82) is 0 Å². The number of hydrogen-bond donors (Lipinski definition) is 1. The lowest BCUT2D eigenvalue weighted by atomic mass is 10.3. The van der Waals surface area contributed by atoms with Crippen LogP contribution in [-0.4, -0.2) is 37.5 Å². The number of aromatic amines is 1. The molecule has 0 spiro atoms. The van der Waals surface area contributed by atoms with E-state index < -0.39 is 28.4 Å². The molecule has 3 rings (SSSR count). The van der Waals surface area contributed by atoms with E-state index in [0.717, 1.165) is 16.4 Å². The van der Waals surface area contributed by atoms with Crippen LogP contribution in [0.1, 0.15) is 6.92 Å².